The van der Waals surface area contributed by atoms with Crippen LogP contribution < -0.4 is 19.7 Å². The normalized spacial score (nSPS) is 14.5. The maximum atomic E-state index is 13.1. The van der Waals surface area contributed by atoms with Crippen LogP contribution in [0, 0.1) is 0 Å². The van der Waals surface area contributed by atoms with E-state index in [4.69, 9.17) is 26.2 Å². The van der Waals surface area contributed by atoms with Crippen LogP contribution >= 0.6 is 27.5 Å². The molecule has 1 heterocycles. The van der Waals surface area contributed by atoms with Crippen LogP contribution in [0.2, 0.25) is 5.02 Å². The smallest absolute Gasteiger partial charge is 0.335 e. The highest BCUT2D eigenvalue weighted by molar-refractivity contribution is 9.10. The average molecular weight is 586 g/mol. The van der Waals surface area contributed by atoms with E-state index < -0.39 is 23.8 Å². The van der Waals surface area contributed by atoms with Crippen molar-refractivity contribution in [2.75, 3.05) is 12.0 Å². The predicted octanol–water partition coefficient (Wildman–Crippen LogP) is 5.05. The number of methoxy groups -OCH3 is 1. The molecule has 0 aliphatic carbocycles. The van der Waals surface area contributed by atoms with E-state index in [-0.39, 0.29) is 28.5 Å². The van der Waals surface area contributed by atoms with Crippen LogP contribution in [0.15, 0.2) is 70.7 Å². The van der Waals surface area contributed by atoms with Gasteiger partial charge in [0.1, 0.15) is 12.2 Å². The number of carbonyl (C=O) groups excluding carboxylic acids is 3. The summed E-state index contributed by atoms with van der Waals surface area (Å²) in [5.41, 5.74) is 1.19. The first-order valence-corrected chi connectivity index (χ1v) is 11.8. The Kier molecular flexibility index (Phi) is 7.61. The Morgan fingerprint density at radius 2 is 1.81 bits per heavy atom. The van der Waals surface area contributed by atoms with Crippen LogP contribution in [0.1, 0.15) is 21.5 Å². The maximum Gasteiger partial charge on any atom is 0.335 e. The lowest BCUT2D eigenvalue weighted by Crippen LogP contribution is -2.54. The summed E-state index contributed by atoms with van der Waals surface area (Å²) < 4.78 is 11.8. The van der Waals surface area contributed by atoms with Crippen LogP contribution in [-0.4, -0.2) is 36.0 Å². The first-order chi connectivity index (χ1) is 17.7. The molecule has 1 saturated heterocycles. The molecule has 0 radical (unpaired) electrons. The first-order valence-electron chi connectivity index (χ1n) is 10.7. The van der Waals surface area contributed by atoms with Crippen molar-refractivity contribution in [2.24, 2.45) is 0 Å². The van der Waals surface area contributed by atoms with Crippen LogP contribution in [0.25, 0.3) is 6.08 Å². The zero-order valence-corrected chi connectivity index (χ0v) is 21.5. The van der Waals surface area contributed by atoms with Crippen molar-refractivity contribution in [3.63, 3.8) is 0 Å². The molecule has 1 aliphatic heterocycles. The lowest BCUT2D eigenvalue weighted by atomic mass is 10.1. The van der Waals surface area contributed by atoms with Gasteiger partial charge in [0.05, 0.1) is 27.9 Å². The number of hydrogen-bond donors (Lipinski definition) is 2. The van der Waals surface area contributed by atoms with Crippen molar-refractivity contribution in [3.8, 4) is 11.5 Å². The zero-order valence-electron chi connectivity index (χ0n) is 19.2. The van der Waals surface area contributed by atoms with Crippen molar-refractivity contribution in [1.29, 1.82) is 0 Å². The van der Waals surface area contributed by atoms with Crippen molar-refractivity contribution in [3.05, 3.63) is 92.4 Å². The number of hydrogen-bond acceptors (Lipinski definition) is 6. The van der Waals surface area contributed by atoms with Gasteiger partial charge in [-0.25, -0.2) is 14.5 Å². The first kappa shape index (κ1) is 25.9. The highest BCUT2D eigenvalue weighted by Gasteiger charge is 2.37. The third-order valence-electron chi connectivity index (χ3n) is 5.34. The van der Waals surface area contributed by atoms with Crippen molar-refractivity contribution in [2.45, 2.75) is 6.61 Å². The van der Waals surface area contributed by atoms with Gasteiger partial charge in [0.25, 0.3) is 11.8 Å². The van der Waals surface area contributed by atoms with Gasteiger partial charge in [0.15, 0.2) is 11.5 Å². The molecular formula is C26H18BrClN2O7. The van der Waals surface area contributed by atoms with Gasteiger partial charge in [-0.3, -0.25) is 14.9 Å². The molecular weight excluding hydrogens is 568 g/mol. The minimum absolute atomic E-state index is 0.130. The predicted molar refractivity (Wildman–Crippen MR) is 139 cm³/mol. The summed E-state index contributed by atoms with van der Waals surface area (Å²) in [6.07, 6.45) is 1.33. The molecule has 9 nitrogen and oxygen atoms in total. The van der Waals surface area contributed by atoms with Crippen molar-refractivity contribution >= 4 is 63.1 Å². The van der Waals surface area contributed by atoms with Gasteiger partial charge in [-0.15, -0.1) is 0 Å². The molecule has 3 aromatic carbocycles. The number of benzene rings is 3. The molecule has 2 N–H and O–H groups in total. The Morgan fingerprint density at radius 3 is 2.46 bits per heavy atom. The Morgan fingerprint density at radius 1 is 1.11 bits per heavy atom. The summed E-state index contributed by atoms with van der Waals surface area (Å²) in [4.78, 5) is 49.9. The number of carbonyl (C=O) groups is 4. The van der Waals surface area contributed by atoms with E-state index in [1.165, 1.54) is 37.5 Å². The fourth-order valence-electron chi connectivity index (χ4n) is 3.54. The van der Waals surface area contributed by atoms with Gasteiger partial charge in [-0.1, -0.05) is 35.9 Å². The monoisotopic (exact) mass is 584 g/mol. The summed E-state index contributed by atoms with van der Waals surface area (Å²) in [7, 11) is 1.43. The number of anilines is 1. The summed E-state index contributed by atoms with van der Waals surface area (Å²) >= 11 is 9.59. The fraction of sp³-hybridized carbons (Fsp3) is 0.0769. The Hall–Kier alpha value is -4.15. The van der Waals surface area contributed by atoms with Crippen LogP contribution in [0.3, 0.4) is 0 Å². The number of carboxylic acid groups (broad SMARTS) is 1. The van der Waals surface area contributed by atoms with E-state index in [1.54, 1.807) is 36.4 Å². The molecule has 4 amide bonds. The summed E-state index contributed by atoms with van der Waals surface area (Å²) in [6, 6.07) is 14.8. The quantitative estimate of drug-likeness (QED) is 0.294. The van der Waals surface area contributed by atoms with E-state index in [0.29, 0.717) is 21.5 Å². The molecule has 3 aromatic rings. The highest BCUT2D eigenvalue weighted by Crippen LogP contribution is 2.38. The van der Waals surface area contributed by atoms with E-state index in [2.05, 4.69) is 21.2 Å². The molecule has 0 unspecified atom stereocenters. The lowest BCUT2D eigenvalue weighted by molar-refractivity contribution is -0.122. The summed E-state index contributed by atoms with van der Waals surface area (Å²) in [5.74, 6) is -2.03. The molecule has 0 spiro atoms. The molecule has 188 valence electrons. The molecule has 0 atom stereocenters. The second-order valence-electron chi connectivity index (χ2n) is 7.73. The van der Waals surface area contributed by atoms with Gasteiger partial charge in [-0.2, -0.15) is 0 Å². The summed E-state index contributed by atoms with van der Waals surface area (Å²) in [5, 5.41) is 11.4. The Labute approximate surface area is 224 Å². The number of aromatic carboxylic acids is 1. The molecule has 4 rings (SSSR count). The fourth-order valence-corrected chi connectivity index (χ4v) is 4.33. The molecule has 1 fully saturated rings. The number of para-hydroxylation sites is 1. The lowest BCUT2D eigenvalue weighted by Gasteiger charge is -2.27. The van der Waals surface area contributed by atoms with Crippen molar-refractivity contribution < 1.29 is 33.8 Å². The highest BCUT2D eigenvalue weighted by atomic mass is 79.9. The average Bonchev–Trinajstić information content (AvgIpc) is 2.87. The number of ether oxygens (including phenoxy) is 2. The largest absolute Gasteiger partial charge is 0.493 e. The number of rotatable bonds is 7. The Bertz CT molecular complexity index is 1450. The molecule has 0 saturated carbocycles. The minimum atomic E-state index is -1.02. The van der Waals surface area contributed by atoms with Gasteiger partial charge in [0, 0.05) is 0 Å². The van der Waals surface area contributed by atoms with Gasteiger partial charge >= 0.3 is 12.0 Å². The van der Waals surface area contributed by atoms with E-state index in [1.807, 2.05) is 0 Å². The van der Waals surface area contributed by atoms with Crippen LogP contribution in [0.5, 0.6) is 11.5 Å². The topological polar surface area (TPSA) is 122 Å². The standard InChI is InChI=1S/C26H18BrClN2O7/c1-36-21-12-15(11-18(27)22(21)37-13-14-6-8-16(9-7-14)25(33)34)10-17-23(31)29-26(35)30(24(17)32)20-5-3-2-4-19(20)28/h2-12H,13H2,1H3,(H,33,34)(H,29,31,35)/b17-10+. The summed E-state index contributed by atoms with van der Waals surface area (Å²) in [6.45, 7) is 0.130. The second kappa shape index (κ2) is 10.9. The number of nitrogens with one attached hydrogen (secondary N) is 1. The zero-order chi connectivity index (χ0) is 26.7. The molecule has 37 heavy (non-hydrogen) atoms. The van der Waals surface area contributed by atoms with Crippen molar-refractivity contribution in [1.82, 2.24) is 5.32 Å². The third kappa shape index (κ3) is 5.50. The van der Waals surface area contributed by atoms with Gasteiger partial charge in [0.2, 0.25) is 0 Å². The van der Waals surface area contributed by atoms with Gasteiger partial charge in [-0.05, 0) is 69.5 Å². The van der Waals surface area contributed by atoms with E-state index in [0.717, 1.165) is 10.5 Å². The number of imide groups is 2. The number of amides is 4. The molecule has 0 aromatic heterocycles. The third-order valence-corrected chi connectivity index (χ3v) is 6.25. The number of carboxylic acids is 1. The Balaban J connectivity index is 1.62. The number of urea groups is 1. The number of barbiturate groups is 1. The molecule has 1 aliphatic rings. The SMILES string of the molecule is COc1cc(/C=C2\C(=O)NC(=O)N(c3ccccc3Cl)C2=O)cc(Br)c1OCc1ccc(C(=O)O)cc1. The maximum absolute atomic E-state index is 13.1. The minimum Gasteiger partial charge on any atom is -0.493 e. The molecule has 11 heteroatoms. The molecule has 0 bridgehead atoms. The van der Waals surface area contributed by atoms with E-state index >= 15 is 0 Å². The second-order valence-corrected chi connectivity index (χ2v) is 9.00. The van der Waals surface area contributed by atoms with Gasteiger partial charge < -0.3 is 14.6 Å². The van der Waals surface area contributed by atoms with E-state index in [9.17, 15) is 19.2 Å². The van der Waals surface area contributed by atoms with Crippen LogP contribution in [0.4, 0.5) is 10.5 Å². The number of nitrogens with zero attached hydrogens (tertiary/aromatic N) is 1. The number of halogens is 2. The van der Waals surface area contributed by atoms with Crippen LogP contribution in [-0.2, 0) is 16.2 Å².